The lowest BCUT2D eigenvalue weighted by Crippen LogP contribution is -2.57. The molecule has 2 fully saturated rings. The van der Waals surface area contributed by atoms with Crippen molar-refractivity contribution < 1.29 is 17.9 Å². The lowest BCUT2D eigenvalue weighted by molar-refractivity contribution is -0.219. The van der Waals surface area contributed by atoms with Crippen LogP contribution in [0.5, 0.6) is 0 Å². The molecule has 0 heterocycles. The molecule has 1 spiro atoms. The van der Waals surface area contributed by atoms with E-state index in [2.05, 4.69) is 0 Å². The van der Waals surface area contributed by atoms with Gasteiger partial charge in [0.15, 0.2) is 0 Å². The normalized spacial score (nSPS) is 33.8. The van der Waals surface area contributed by atoms with Crippen molar-refractivity contribution in [2.24, 2.45) is 5.41 Å². The van der Waals surface area contributed by atoms with Crippen molar-refractivity contribution in [1.82, 2.24) is 0 Å². The molecular weight excluding hydrogens is 241 g/mol. The highest BCUT2D eigenvalue weighted by Crippen LogP contribution is 2.55. The van der Waals surface area contributed by atoms with Gasteiger partial charge in [0.2, 0.25) is 0 Å². The Kier molecular flexibility index (Phi) is 3.41. The fourth-order valence-corrected chi connectivity index (χ4v) is 3.49. The first-order chi connectivity index (χ1) is 7.44. The molecule has 1 nitrogen and oxygen atoms in total. The molecule has 0 aromatic rings. The zero-order valence-electron chi connectivity index (χ0n) is 9.02. The molecule has 2 aliphatic rings. The van der Waals surface area contributed by atoms with E-state index in [9.17, 15) is 13.2 Å². The summed E-state index contributed by atoms with van der Waals surface area (Å²) in [6.45, 7) is -1.14. The summed E-state index contributed by atoms with van der Waals surface area (Å²) < 4.78 is 41.2. The topological polar surface area (TPSA) is 9.23 Å². The summed E-state index contributed by atoms with van der Waals surface area (Å²) in [4.78, 5) is 0. The lowest BCUT2D eigenvalue weighted by atomic mass is 9.58. The molecule has 2 aliphatic carbocycles. The highest BCUT2D eigenvalue weighted by Gasteiger charge is 2.55. The van der Waals surface area contributed by atoms with Crippen LogP contribution in [0.2, 0.25) is 0 Å². The van der Waals surface area contributed by atoms with Crippen LogP contribution in [0, 0.1) is 5.41 Å². The van der Waals surface area contributed by atoms with E-state index in [0.717, 1.165) is 32.1 Å². The first kappa shape index (κ1) is 12.5. The van der Waals surface area contributed by atoms with Crippen molar-refractivity contribution in [3.8, 4) is 0 Å². The van der Waals surface area contributed by atoms with Crippen LogP contribution >= 0.6 is 11.6 Å². The number of rotatable bonds is 2. The maximum absolute atomic E-state index is 12.1. The van der Waals surface area contributed by atoms with Gasteiger partial charge in [-0.25, -0.2) is 0 Å². The first-order valence-electron chi connectivity index (χ1n) is 5.76. The van der Waals surface area contributed by atoms with E-state index < -0.39 is 12.8 Å². The van der Waals surface area contributed by atoms with E-state index in [1.165, 1.54) is 0 Å². The van der Waals surface area contributed by atoms with Crippen LogP contribution in [-0.2, 0) is 4.74 Å². The lowest BCUT2D eigenvalue weighted by Gasteiger charge is -2.55. The van der Waals surface area contributed by atoms with Crippen LogP contribution in [0.25, 0.3) is 0 Å². The number of hydrogen-bond acceptors (Lipinski definition) is 1. The summed E-state index contributed by atoms with van der Waals surface area (Å²) in [5.41, 5.74) is -0.162. The van der Waals surface area contributed by atoms with Crippen molar-refractivity contribution in [1.29, 1.82) is 0 Å². The minimum Gasteiger partial charge on any atom is -0.368 e. The van der Waals surface area contributed by atoms with Gasteiger partial charge in [-0.2, -0.15) is 13.2 Å². The molecule has 2 rings (SSSR count). The van der Waals surface area contributed by atoms with E-state index in [1.807, 2.05) is 0 Å². The summed E-state index contributed by atoms with van der Waals surface area (Å²) in [6, 6.07) is 0. The number of hydrogen-bond donors (Lipinski definition) is 0. The average Bonchev–Trinajstić information content (AvgIpc) is 2.24. The minimum absolute atomic E-state index is 0.00559. The highest BCUT2D eigenvalue weighted by molar-refractivity contribution is 6.21. The molecule has 94 valence electrons. The zero-order chi connectivity index (χ0) is 11.8. The number of ether oxygens (including phenoxy) is 1. The van der Waals surface area contributed by atoms with Gasteiger partial charge in [-0.15, -0.1) is 11.6 Å². The van der Waals surface area contributed by atoms with Crippen molar-refractivity contribution in [3.63, 3.8) is 0 Å². The van der Waals surface area contributed by atoms with Crippen molar-refractivity contribution in [2.45, 2.75) is 56.2 Å². The molecule has 0 aromatic heterocycles. The molecule has 0 radical (unpaired) electrons. The molecule has 0 amide bonds. The molecule has 2 saturated carbocycles. The molecule has 0 aromatic carbocycles. The maximum atomic E-state index is 12.1. The summed E-state index contributed by atoms with van der Waals surface area (Å²) in [7, 11) is 0. The van der Waals surface area contributed by atoms with E-state index >= 15 is 0 Å². The van der Waals surface area contributed by atoms with E-state index in [-0.39, 0.29) is 16.9 Å². The van der Waals surface area contributed by atoms with Crippen molar-refractivity contribution in [3.05, 3.63) is 0 Å². The van der Waals surface area contributed by atoms with Gasteiger partial charge in [0.1, 0.15) is 6.61 Å². The molecule has 0 aliphatic heterocycles. The van der Waals surface area contributed by atoms with Crippen LogP contribution in [0.4, 0.5) is 13.2 Å². The molecular formula is C11H16ClF3O. The second kappa shape index (κ2) is 4.37. The standard InChI is InChI=1S/C11H16ClF3O/c12-8-6-9(16-7-11(13,14)15)10(8)4-2-1-3-5-10/h8-9H,1-7H2. The quantitative estimate of drug-likeness (QED) is 0.681. The Bertz CT molecular complexity index is 248. The Morgan fingerprint density at radius 1 is 1.19 bits per heavy atom. The minimum atomic E-state index is -4.23. The molecule has 16 heavy (non-hydrogen) atoms. The van der Waals surface area contributed by atoms with Crippen LogP contribution in [0.1, 0.15) is 38.5 Å². The van der Waals surface area contributed by atoms with Crippen molar-refractivity contribution in [2.75, 3.05) is 6.61 Å². The molecule has 2 atom stereocenters. The second-order valence-corrected chi connectivity index (χ2v) is 5.44. The summed E-state index contributed by atoms with van der Waals surface area (Å²) in [5, 5.41) is 0.00559. The summed E-state index contributed by atoms with van der Waals surface area (Å²) in [5.74, 6) is 0. The Hall–Kier alpha value is 0.0400. The Labute approximate surface area is 98.3 Å². The zero-order valence-corrected chi connectivity index (χ0v) is 9.78. The maximum Gasteiger partial charge on any atom is 0.411 e. The Morgan fingerprint density at radius 3 is 2.31 bits per heavy atom. The third kappa shape index (κ3) is 2.33. The van der Waals surface area contributed by atoms with Gasteiger partial charge in [-0.1, -0.05) is 19.3 Å². The molecule has 2 unspecified atom stereocenters. The van der Waals surface area contributed by atoms with Crippen LogP contribution in [0.15, 0.2) is 0 Å². The van der Waals surface area contributed by atoms with E-state index in [1.54, 1.807) is 0 Å². The third-order valence-electron chi connectivity index (χ3n) is 3.92. The van der Waals surface area contributed by atoms with Crippen LogP contribution in [-0.4, -0.2) is 24.3 Å². The SMILES string of the molecule is FC(F)(F)COC1CC(Cl)C12CCCCC2. The molecule has 0 N–H and O–H groups in total. The third-order valence-corrected chi connectivity index (χ3v) is 4.53. The van der Waals surface area contributed by atoms with Crippen LogP contribution < -0.4 is 0 Å². The highest BCUT2D eigenvalue weighted by atomic mass is 35.5. The smallest absolute Gasteiger partial charge is 0.368 e. The van der Waals surface area contributed by atoms with E-state index in [4.69, 9.17) is 16.3 Å². The fourth-order valence-electron chi connectivity index (χ4n) is 2.97. The van der Waals surface area contributed by atoms with Gasteiger partial charge in [0.25, 0.3) is 0 Å². The first-order valence-corrected chi connectivity index (χ1v) is 6.20. The van der Waals surface area contributed by atoms with Crippen LogP contribution in [0.3, 0.4) is 0 Å². The fraction of sp³-hybridized carbons (Fsp3) is 1.00. The van der Waals surface area contributed by atoms with E-state index in [0.29, 0.717) is 6.42 Å². The van der Waals surface area contributed by atoms with Gasteiger partial charge < -0.3 is 4.74 Å². The van der Waals surface area contributed by atoms with Gasteiger partial charge in [-0.05, 0) is 19.3 Å². The predicted molar refractivity (Wildman–Crippen MR) is 55.6 cm³/mol. The summed E-state index contributed by atoms with van der Waals surface area (Å²) in [6.07, 6.45) is 1.19. The predicted octanol–water partition coefficient (Wildman–Crippen LogP) is 3.90. The number of halogens is 4. The molecule has 0 bridgehead atoms. The monoisotopic (exact) mass is 256 g/mol. The summed E-state index contributed by atoms with van der Waals surface area (Å²) >= 11 is 6.17. The van der Waals surface area contributed by atoms with Crippen molar-refractivity contribution >= 4 is 11.6 Å². The second-order valence-electron chi connectivity index (χ2n) is 4.91. The van der Waals surface area contributed by atoms with Gasteiger partial charge in [0, 0.05) is 10.8 Å². The van der Waals surface area contributed by atoms with Gasteiger partial charge >= 0.3 is 6.18 Å². The largest absolute Gasteiger partial charge is 0.411 e. The van der Waals surface area contributed by atoms with Gasteiger partial charge in [0.05, 0.1) is 6.10 Å². The number of alkyl halides is 4. The molecule has 0 saturated heterocycles. The Morgan fingerprint density at radius 2 is 1.81 bits per heavy atom. The van der Waals surface area contributed by atoms with Gasteiger partial charge in [-0.3, -0.25) is 0 Å². The average molecular weight is 257 g/mol. The molecule has 5 heteroatoms. The Balaban J connectivity index is 1.91.